The van der Waals surface area contributed by atoms with Crippen molar-refractivity contribution in [2.75, 3.05) is 19.0 Å². The molecule has 6 heteroatoms. The molecule has 0 aliphatic rings. The van der Waals surface area contributed by atoms with E-state index in [1.54, 1.807) is 7.11 Å². The van der Waals surface area contributed by atoms with Gasteiger partial charge in [-0.2, -0.15) is 0 Å². The molecule has 0 bridgehead atoms. The van der Waals surface area contributed by atoms with Crippen molar-refractivity contribution in [1.29, 1.82) is 0 Å². The Kier molecular flexibility index (Phi) is 4.96. The Balaban J connectivity index is 1.55. The van der Waals surface area contributed by atoms with Crippen molar-refractivity contribution in [3.8, 4) is 5.75 Å². The van der Waals surface area contributed by atoms with Gasteiger partial charge in [0, 0.05) is 6.54 Å². The van der Waals surface area contributed by atoms with Crippen molar-refractivity contribution in [3.63, 3.8) is 0 Å². The van der Waals surface area contributed by atoms with Crippen LogP contribution < -0.4 is 15.4 Å². The summed E-state index contributed by atoms with van der Waals surface area (Å²) >= 11 is 1.46. The van der Waals surface area contributed by atoms with E-state index in [4.69, 9.17) is 4.74 Å². The predicted octanol–water partition coefficient (Wildman–Crippen LogP) is 3.98. The van der Waals surface area contributed by atoms with Crippen molar-refractivity contribution in [3.05, 3.63) is 53.6 Å². The number of hydrogen-bond acceptors (Lipinski definition) is 4. The molecule has 0 saturated heterocycles. The number of fused-ring (bicyclic) bond motifs is 1. The fourth-order valence-corrected chi connectivity index (χ4v) is 3.34. The molecule has 0 aliphatic carbocycles. The average molecular weight is 341 g/mol. The second-order valence-corrected chi connectivity index (χ2v) is 6.46. The van der Waals surface area contributed by atoms with Gasteiger partial charge in [-0.1, -0.05) is 41.2 Å². The number of nitrogens with zero attached hydrogens (tertiary/aromatic N) is 1. The molecule has 0 fully saturated rings. The Labute approximate surface area is 144 Å². The fraction of sp³-hybridized carbons (Fsp3) is 0.222. The lowest BCUT2D eigenvalue weighted by Crippen LogP contribution is -2.30. The molecule has 2 amide bonds. The summed E-state index contributed by atoms with van der Waals surface area (Å²) in [5, 5.41) is 6.24. The minimum Gasteiger partial charge on any atom is -0.496 e. The standard InChI is InChI=1S/C18H19N3O2S/c1-12-7-8-15(23-2)13(11-12)9-10-19-17(22)21-18-20-14-5-3-4-6-16(14)24-18/h3-8,11H,9-10H2,1-2H3,(H2,19,20,21,22). The Bertz CT molecular complexity index is 827. The number of amides is 2. The number of methoxy groups -OCH3 is 1. The van der Waals surface area contributed by atoms with E-state index in [-0.39, 0.29) is 6.03 Å². The number of carbonyl (C=O) groups excluding carboxylic acids is 1. The lowest BCUT2D eigenvalue weighted by molar-refractivity contribution is 0.252. The van der Waals surface area contributed by atoms with Gasteiger partial charge < -0.3 is 10.1 Å². The van der Waals surface area contributed by atoms with Crippen LogP contribution in [0.2, 0.25) is 0 Å². The van der Waals surface area contributed by atoms with Crippen LogP contribution in [0.1, 0.15) is 11.1 Å². The van der Waals surface area contributed by atoms with Crippen molar-refractivity contribution >= 4 is 32.7 Å². The first-order valence-electron chi connectivity index (χ1n) is 7.69. The molecule has 124 valence electrons. The maximum absolute atomic E-state index is 12.0. The number of nitrogens with one attached hydrogen (secondary N) is 2. The number of ether oxygens (including phenoxy) is 1. The largest absolute Gasteiger partial charge is 0.496 e. The fourth-order valence-electron chi connectivity index (χ4n) is 2.48. The van der Waals surface area contributed by atoms with Gasteiger partial charge in [0.05, 0.1) is 17.3 Å². The van der Waals surface area contributed by atoms with Gasteiger partial charge in [-0.15, -0.1) is 0 Å². The summed E-state index contributed by atoms with van der Waals surface area (Å²) in [6.07, 6.45) is 0.706. The first kappa shape index (κ1) is 16.3. The van der Waals surface area contributed by atoms with Crippen molar-refractivity contribution in [2.24, 2.45) is 0 Å². The number of aromatic nitrogens is 1. The Morgan fingerprint density at radius 1 is 1.25 bits per heavy atom. The number of urea groups is 1. The van der Waals surface area contributed by atoms with E-state index in [2.05, 4.69) is 21.7 Å². The van der Waals surface area contributed by atoms with Crippen LogP contribution in [-0.2, 0) is 6.42 Å². The number of carbonyl (C=O) groups is 1. The van der Waals surface area contributed by atoms with E-state index in [0.717, 1.165) is 21.5 Å². The molecule has 2 aromatic carbocycles. The molecular weight excluding hydrogens is 322 g/mol. The highest BCUT2D eigenvalue weighted by atomic mass is 32.1. The van der Waals surface area contributed by atoms with Crippen LogP contribution in [-0.4, -0.2) is 24.7 Å². The highest BCUT2D eigenvalue weighted by molar-refractivity contribution is 7.22. The third-order valence-electron chi connectivity index (χ3n) is 3.63. The summed E-state index contributed by atoms with van der Waals surface area (Å²) in [6, 6.07) is 13.6. The molecule has 1 heterocycles. The zero-order valence-electron chi connectivity index (χ0n) is 13.6. The molecule has 0 unspecified atom stereocenters. The zero-order chi connectivity index (χ0) is 16.9. The molecule has 0 aliphatic heterocycles. The molecule has 1 aromatic heterocycles. The lowest BCUT2D eigenvalue weighted by atomic mass is 10.1. The first-order valence-corrected chi connectivity index (χ1v) is 8.51. The second kappa shape index (κ2) is 7.31. The summed E-state index contributed by atoms with van der Waals surface area (Å²) in [7, 11) is 1.65. The molecule has 5 nitrogen and oxygen atoms in total. The Hall–Kier alpha value is -2.60. The molecule has 0 atom stereocenters. The number of anilines is 1. The van der Waals surface area contributed by atoms with E-state index in [9.17, 15) is 4.79 Å². The maximum Gasteiger partial charge on any atom is 0.321 e. The number of thiazole rings is 1. The first-order chi connectivity index (χ1) is 11.7. The van der Waals surface area contributed by atoms with Crippen LogP contribution in [0.3, 0.4) is 0 Å². The minimum absolute atomic E-state index is 0.249. The normalized spacial score (nSPS) is 10.6. The number of hydrogen-bond donors (Lipinski definition) is 2. The Morgan fingerprint density at radius 2 is 2.08 bits per heavy atom. The molecule has 0 radical (unpaired) electrons. The molecular formula is C18H19N3O2S. The smallest absolute Gasteiger partial charge is 0.321 e. The molecule has 2 N–H and O–H groups in total. The van der Waals surface area contributed by atoms with Gasteiger partial charge in [0.1, 0.15) is 5.75 Å². The van der Waals surface area contributed by atoms with Crippen molar-refractivity contribution < 1.29 is 9.53 Å². The van der Waals surface area contributed by atoms with E-state index < -0.39 is 0 Å². The van der Waals surface area contributed by atoms with Crippen molar-refractivity contribution in [1.82, 2.24) is 10.3 Å². The number of benzene rings is 2. The SMILES string of the molecule is COc1ccc(C)cc1CCNC(=O)Nc1nc2ccccc2s1. The summed E-state index contributed by atoms with van der Waals surface area (Å²) in [5.41, 5.74) is 3.14. The molecule has 3 aromatic rings. The number of aryl methyl sites for hydroxylation is 1. The average Bonchev–Trinajstić information content (AvgIpc) is 2.97. The van der Waals surface area contributed by atoms with E-state index in [0.29, 0.717) is 18.1 Å². The van der Waals surface area contributed by atoms with Crippen LogP contribution in [0.5, 0.6) is 5.75 Å². The van der Waals surface area contributed by atoms with E-state index >= 15 is 0 Å². The Morgan fingerprint density at radius 3 is 2.88 bits per heavy atom. The summed E-state index contributed by atoms with van der Waals surface area (Å²) in [4.78, 5) is 16.4. The van der Waals surface area contributed by atoms with Gasteiger partial charge in [-0.05, 0) is 37.1 Å². The van der Waals surface area contributed by atoms with Gasteiger partial charge >= 0.3 is 6.03 Å². The number of para-hydroxylation sites is 1. The third kappa shape index (κ3) is 3.83. The zero-order valence-corrected chi connectivity index (χ0v) is 14.4. The van der Waals surface area contributed by atoms with Gasteiger partial charge in [0.2, 0.25) is 0 Å². The minimum atomic E-state index is -0.249. The molecule has 0 saturated carbocycles. The second-order valence-electron chi connectivity index (χ2n) is 5.43. The van der Waals surface area contributed by atoms with E-state index in [1.807, 2.05) is 43.3 Å². The van der Waals surface area contributed by atoms with Crippen LogP contribution >= 0.6 is 11.3 Å². The van der Waals surface area contributed by atoms with Crippen LogP contribution in [0, 0.1) is 6.92 Å². The monoisotopic (exact) mass is 341 g/mol. The lowest BCUT2D eigenvalue weighted by Gasteiger charge is -2.10. The summed E-state index contributed by atoms with van der Waals surface area (Å²) in [6.45, 7) is 2.56. The van der Waals surface area contributed by atoms with Gasteiger partial charge in [0.25, 0.3) is 0 Å². The quantitative estimate of drug-likeness (QED) is 0.738. The van der Waals surface area contributed by atoms with Gasteiger partial charge in [-0.25, -0.2) is 9.78 Å². The van der Waals surface area contributed by atoms with Crippen LogP contribution in [0.25, 0.3) is 10.2 Å². The number of rotatable bonds is 5. The van der Waals surface area contributed by atoms with Gasteiger partial charge in [0.15, 0.2) is 5.13 Å². The summed E-state index contributed by atoms with van der Waals surface area (Å²) in [5.74, 6) is 0.842. The van der Waals surface area contributed by atoms with Gasteiger partial charge in [-0.3, -0.25) is 5.32 Å². The molecule has 3 rings (SSSR count). The highest BCUT2D eigenvalue weighted by Gasteiger charge is 2.08. The molecule has 0 spiro atoms. The predicted molar refractivity (Wildman–Crippen MR) is 98.1 cm³/mol. The molecule has 24 heavy (non-hydrogen) atoms. The van der Waals surface area contributed by atoms with Crippen LogP contribution in [0.15, 0.2) is 42.5 Å². The highest BCUT2D eigenvalue weighted by Crippen LogP contribution is 2.25. The van der Waals surface area contributed by atoms with Crippen molar-refractivity contribution in [2.45, 2.75) is 13.3 Å². The van der Waals surface area contributed by atoms with Crippen LogP contribution in [0.4, 0.5) is 9.93 Å². The summed E-state index contributed by atoms with van der Waals surface area (Å²) < 4.78 is 6.40. The van der Waals surface area contributed by atoms with E-state index in [1.165, 1.54) is 16.9 Å². The third-order valence-corrected chi connectivity index (χ3v) is 4.58. The maximum atomic E-state index is 12.0. The topological polar surface area (TPSA) is 63.2 Å².